The number of rotatable bonds is 4. The highest BCUT2D eigenvalue weighted by molar-refractivity contribution is 5.88. The molecule has 0 spiro atoms. The molecule has 5 nitrogen and oxygen atoms in total. The van der Waals surface area contributed by atoms with Crippen LogP contribution in [0.5, 0.6) is 0 Å². The van der Waals surface area contributed by atoms with E-state index in [1.165, 1.54) is 12.7 Å². The molecule has 0 saturated carbocycles. The Hall–Kier alpha value is -2.04. The SMILES string of the molecule is COC(N)=NC(=O)NCCCc1ccccc1. The van der Waals surface area contributed by atoms with Crippen molar-refractivity contribution in [2.45, 2.75) is 12.8 Å². The lowest BCUT2D eigenvalue weighted by Crippen LogP contribution is -2.25. The Morgan fingerprint density at radius 1 is 1.41 bits per heavy atom. The number of aliphatic imine (C=N–C) groups is 1. The number of urea groups is 1. The molecule has 0 aromatic heterocycles. The zero-order valence-electron chi connectivity index (χ0n) is 9.85. The van der Waals surface area contributed by atoms with E-state index in [0.717, 1.165) is 12.8 Å². The van der Waals surface area contributed by atoms with Crippen LogP contribution in [-0.4, -0.2) is 25.7 Å². The molecule has 0 atom stereocenters. The molecule has 92 valence electrons. The molecule has 0 heterocycles. The number of benzene rings is 1. The van der Waals surface area contributed by atoms with Gasteiger partial charge in [-0.3, -0.25) is 0 Å². The summed E-state index contributed by atoms with van der Waals surface area (Å²) < 4.78 is 4.56. The Labute approximate surface area is 101 Å². The Morgan fingerprint density at radius 2 is 2.12 bits per heavy atom. The highest BCUT2D eigenvalue weighted by atomic mass is 16.5. The number of nitrogens with two attached hydrogens (primary N) is 1. The molecule has 0 unspecified atom stereocenters. The van der Waals surface area contributed by atoms with E-state index in [1.807, 2.05) is 18.2 Å². The van der Waals surface area contributed by atoms with Crippen molar-refractivity contribution in [3.63, 3.8) is 0 Å². The van der Waals surface area contributed by atoms with E-state index >= 15 is 0 Å². The predicted molar refractivity (Wildman–Crippen MR) is 66.8 cm³/mol. The number of hydrogen-bond donors (Lipinski definition) is 2. The van der Waals surface area contributed by atoms with Gasteiger partial charge in [0.2, 0.25) is 0 Å². The monoisotopic (exact) mass is 235 g/mol. The summed E-state index contributed by atoms with van der Waals surface area (Å²) in [7, 11) is 1.36. The number of nitrogens with one attached hydrogen (secondary N) is 1. The average molecular weight is 235 g/mol. The number of carbonyl (C=O) groups excluding carboxylic acids is 1. The minimum Gasteiger partial charge on any atom is -0.468 e. The van der Waals surface area contributed by atoms with Gasteiger partial charge >= 0.3 is 6.03 Å². The lowest BCUT2D eigenvalue weighted by Gasteiger charge is -2.03. The van der Waals surface area contributed by atoms with E-state index in [-0.39, 0.29) is 6.02 Å². The van der Waals surface area contributed by atoms with Gasteiger partial charge in [0, 0.05) is 6.54 Å². The lowest BCUT2D eigenvalue weighted by molar-refractivity contribution is 0.248. The maximum atomic E-state index is 11.2. The number of amides is 2. The summed E-state index contributed by atoms with van der Waals surface area (Å²) in [6.45, 7) is 0.564. The Balaban J connectivity index is 2.19. The smallest absolute Gasteiger partial charge is 0.345 e. The van der Waals surface area contributed by atoms with Gasteiger partial charge in [-0.05, 0) is 18.4 Å². The van der Waals surface area contributed by atoms with Crippen LogP contribution in [0.4, 0.5) is 4.79 Å². The summed E-state index contributed by atoms with van der Waals surface area (Å²) in [6.07, 6.45) is 1.78. The minimum absolute atomic E-state index is 0.134. The lowest BCUT2D eigenvalue weighted by atomic mass is 10.1. The van der Waals surface area contributed by atoms with Crippen molar-refractivity contribution >= 4 is 12.1 Å². The minimum atomic E-state index is -0.475. The van der Waals surface area contributed by atoms with Crippen molar-refractivity contribution in [2.75, 3.05) is 13.7 Å². The van der Waals surface area contributed by atoms with E-state index in [0.29, 0.717) is 6.54 Å². The van der Waals surface area contributed by atoms with Gasteiger partial charge in [0.25, 0.3) is 6.02 Å². The predicted octanol–water partition coefficient (Wildman–Crippen LogP) is 1.29. The van der Waals surface area contributed by atoms with Crippen molar-refractivity contribution in [1.29, 1.82) is 0 Å². The van der Waals surface area contributed by atoms with Gasteiger partial charge in [-0.1, -0.05) is 30.3 Å². The van der Waals surface area contributed by atoms with Gasteiger partial charge in [-0.25, -0.2) is 4.79 Å². The molecule has 3 N–H and O–H groups in total. The highest BCUT2D eigenvalue weighted by Crippen LogP contribution is 2.01. The molecule has 0 fully saturated rings. The first-order valence-electron chi connectivity index (χ1n) is 5.42. The number of aryl methyl sites for hydroxylation is 1. The zero-order chi connectivity index (χ0) is 12.5. The van der Waals surface area contributed by atoms with Crippen LogP contribution in [0, 0.1) is 0 Å². The molecule has 1 aromatic carbocycles. The van der Waals surface area contributed by atoms with Crippen LogP contribution in [0.1, 0.15) is 12.0 Å². The Kier molecular flexibility index (Phi) is 5.57. The summed E-state index contributed by atoms with van der Waals surface area (Å²) in [5, 5.41) is 2.63. The fraction of sp³-hybridized carbons (Fsp3) is 0.333. The molecule has 1 rings (SSSR count). The van der Waals surface area contributed by atoms with E-state index < -0.39 is 6.03 Å². The van der Waals surface area contributed by atoms with Crippen molar-refractivity contribution in [3.8, 4) is 0 Å². The van der Waals surface area contributed by atoms with Crippen molar-refractivity contribution in [1.82, 2.24) is 5.32 Å². The number of hydrogen-bond acceptors (Lipinski definition) is 2. The first kappa shape index (κ1) is 13.0. The first-order chi connectivity index (χ1) is 8.22. The molecule has 1 aromatic rings. The third-order valence-corrected chi connectivity index (χ3v) is 2.18. The number of methoxy groups -OCH3 is 1. The molecular formula is C12H17N3O2. The van der Waals surface area contributed by atoms with Gasteiger partial charge in [-0.15, -0.1) is 4.99 Å². The van der Waals surface area contributed by atoms with Crippen LogP contribution < -0.4 is 11.1 Å². The van der Waals surface area contributed by atoms with Crippen LogP contribution in [0.25, 0.3) is 0 Å². The van der Waals surface area contributed by atoms with Crippen molar-refractivity contribution in [3.05, 3.63) is 35.9 Å². The Morgan fingerprint density at radius 3 is 2.76 bits per heavy atom. The normalized spacial score (nSPS) is 11.0. The summed E-state index contributed by atoms with van der Waals surface area (Å²) >= 11 is 0. The number of nitrogens with zero attached hydrogens (tertiary/aromatic N) is 1. The van der Waals surface area contributed by atoms with E-state index in [9.17, 15) is 4.79 Å². The Bertz CT molecular complexity index is 377. The second-order valence-corrected chi connectivity index (χ2v) is 3.48. The fourth-order valence-corrected chi connectivity index (χ4v) is 1.32. The van der Waals surface area contributed by atoms with Crippen LogP contribution in [-0.2, 0) is 11.2 Å². The molecule has 0 aliphatic rings. The van der Waals surface area contributed by atoms with Gasteiger partial charge in [-0.2, -0.15) is 0 Å². The highest BCUT2D eigenvalue weighted by Gasteiger charge is 1.99. The molecule has 5 heteroatoms. The molecule has 0 aliphatic heterocycles. The molecule has 17 heavy (non-hydrogen) atoms. The first-order valence-corrected chi connectivity index (χ1v) is 5.42. The largest absolute Gasteiger partial charge is 0.468 e. The maximum Gasteiger partial charge on any atom is 0.345 e. The molecule has 0 aliphatic carbocycles. The molecule has 0 bridgehead atoms. The molecular weight excluding hydrogens is 218 g/mol. The summed E-state index contributed by atoms with van der Waals surface area (Å²) in [6, 6.07) is 9.48. The van der Waals surface area contributed by atoms with Crippen LogP contribution >= 0.6 is 0 Å². The second kappa shape index (κ2) is 7.27. The van der Waals surface area contributed by atoms with Crippen molar-refractivity contribution < 1.29 is 9.53 Å². The topological polar surface area (TPSA) is 76.7 Å². The molecule has 2 amide bonds. The van der Waals surface area contributed by atoms with Gasteiger partial charge in [0.1, 0.15) is 0 Å². The number of carbonyl (C=O) groups is 1. The number of ether oxygens (including phenoxy) is 1. The fourth-order valence-electron chi connectivity index (χ4n) is 1.32. The van der Waals surface area contributed by atoms with Crippen molar-refractivity contribution in [2.24, 2.45) is 10.7 Å². The summed E-state index contributed by atoms with van der Waals surface area (Å²) in [5.41, 5.74) is 6.49. The summed E-state index contributed by atoms with van der Waals surface area (Å²) in [4.78, 5) is 14.6. The van der Waals surface area contributed by atoms with Crippen LogP contribution in [0.2, 0.25) is 0 Å². The summed E-state index contributed by atoms with van der Waals surface area (Å²) in [5.74, 6) is 0. The third kappa shape index (κ3) is 5.55. The van der Waals surface area contributed by atoms with Crippen LogP contribution in [0.15, 0.2) is 35.3 Å². The standard InChI is InChI=1S/C12H17N3O2/c1-17-11(13)15-12(16)14-9-5-8-10-6-3-2-4-7-10/h2-4,6-7H,5,8-9H2,1H3,(H3,13,14,15,16). The third-order valence-electron chi connectivity index (χ3n) is 2.18. The molecule has 0 radical (unpaired) electrons. The van der Waals surface area contributed by atoms with Crippen LogP contribution in [0.3, 0.4) is 0 Å². The average Bonchev–Trinajstić information content (AvgIpc) is 2.36. The van der Waals surface area contributed by atoms with Gasteiger partial charge in [0.05, 0.1) is 7.11 Å². The quantitative estimate of drug-likeness (QED) is 0.469. The maximum absolute atomic E-state index is 11.2. The van der Waals surface area contributed by atoms with E-state index in [2.05, 4.69) is 27.2 Å². The van der Waals surface area contributed by atoms with E-state index in [1.54, 1.807) is 0 Å². The zero-order valence-corrected chi connectivity index (χ0v) is 9.85. The van der Waals surface area contributed by atoms with Gasteiger partial charge < -0.3 is 15.8 Å². The second-order valence-electron chi connectivity index (χ2n) is 3.48. The van der Waals surface area contributed by atoms with Gasteiger partial charge in [0.15, 0.2) is 0 Å². The molecule has 0 saturated heterocycles. The number of amidine groups is 1. The van der Waals surface area contributed by atoms with E-state index in [4.69, 9.17) is 5.73 Å².